The van der Waals surface area contributed by atoms with E-state index in [0.29, 0.717) is 0 Å². The van der Waals surface area contributed by atoms with Gasteiger partial charge in [0, 0.05) is 12.6 Å². The van der Waals surface area contributed by atoms with Gasteiger partial charge in [0.05, 0.1) is 5.60 Å². The summed E-state index contributed by atoms with van der Waals surface area (Å²) in [6.07, 6.45) is 1.85. The maximum Gasteiger partial charge on any atom is 0.0805 e. The second kappa shape index (κ2) is 5.64. The van der Waals surface area contributed by atoms with E-state index < -0.39 is 0 Å². The minimum Gasteiger partial charge on any atom is -0.374 e. The van der Waals surface area contributed by atoms with Crippen molar-refractivity contribution in [2.45, 2.75) is 45.3 Å². The fourth-order valence-corrected chi connectivity index (χ4v) is 2.36. The molecule has 0 amide bonds. The van der Waals surface area contributed by atoms with Gasteiger partial charge in [-0.15, -0.1) is 0 Å². The quantitative estimate of drug-likeness (QED) is 0.811. The highest BCUT2D eigenvalue weighted by Crippen LogP contribution is 2.22. The van der Waals surface area contributed by atoms with Crippen molar-refractivity contribution >= 4 is 11.3 Å². The molecule has 0 radical (unpaired) electrons. The Morgan fingerprint density at radius 3 is 2.73 bits per heavy atom. The van der Waals surface area contributed by atoms with Gasteiger partial charge >= 0.3 is 0 Å². The second-order valence-corrected chi connectivity index (χ2v) is 4.82. The third-order valence-electron chi connectivity index (χ3n) is 3.00. The highest BCUT2D eigenvalue weighted by atomic mass is 32.1. The Hall–Kier alpha value is -0.380. The summed E-state index contributed by atoms with van der Waals surface area (Å²) in [5.74, 6) is 0. The van der Waals surface area contributed by atoms with Crippen molar-refractivity contribution in [3.63, 3.8) is 0 Å². The number of rotatable bonds is 6. The van der Waals surface area contributed by atoms with Crippen molar-refractivity contribution in [3.8, 4) is 0 Å². The normalized spacial score (nSPS) is 17.3. The number of hydrogen-bond donors (Lipinski definition) is 1. The largest absolute Gasteiger partial charge is 0.374 e. The van der Waals surface area contributed by atoms with Crippen molar-refractivity contribution in [1.82, 2.24) is 0 Å². The Bertz CT molecular complexity index is 273. The molecule has 2 nitrogen and oxygen atoms in total. The summed E-state index contributed by atoms with van der Waals surface area (Å²) < 4.78 is 5.77. The smallest absolute Gasteiger partial charge is 0.0805 e. The molecular formula is C12H21NOS. The molecule has 0 fully saturated rings. The van der Waals surface area contributed by atoms with E-state index in [4.69, 9.17) is 10.5 Å². The minimum absolute atomic E-state index is 0.0667. The van der Waals surface area contributed by atoms with Crippen LogP contribution in [0.3, 0.4) is 0 Å². The molecule has 0 bridgehead atoms. The third kappa shape index (κ3) is 3.30. The fraction of sp³-hybridized carbons (Fsp3) is 0.667. The van der Waals surface area contributed by atoms with Crippen molar-refractivity contribution < 1.29 is 4.74 Å². The lowest BCUT2D eigenvalue weighted by molar-refractivity contribution is -0.0461. The van der Waals surface area contributed by atoms with Gasteiger partial charge in [-0.1, -0.05) is 6.92 Å². The van der Waals surface area contributed by atoms with E-state index in [1.807, 2.05) is 6.92 Å². The average Bonchev–Trinajstić information content (AvgIpc) is 2.70. The molecule has 3 heteroatoms. The number of hydrogen-bond acceptors (Lipinski definition) is 3. The van der Waals surface area contributed by atoms with Gasteiger partial charge < -0.3 is 10.5 Å². The van der Waals surface area contributed by atoms with Crippen molar-refractivity contribution in [1.29, 1.82) is 0 Å². The molecule has 0 aliphatic carbocycles. The number of ether oxygens (including phenoxy) is 1. The molecule has 1 aromatic rings. The van der Waals surface area contributed by atoms with Gasteiger partial charge in [-0.2, -0.15) is 11.3 Å². The zero-order chi connectivity index (χ0) is 11.3. The minimum atomic E-state index is -0.198. The molecule has 1 rings (SSSR count). The summed E-state index contributed by atoms with van der Waals surface area (Å²) in [5, 5.41) is 4.24. The van der Waals surface area contributed by atoms with Gasteiger partial charge in [0.1, 0.15) is 0 Å². The Morgan fingerprint density at radius 1 is 1.53 bits per heavy atom. The highest BCUT2D eigenvalue weighted by Gasteiger charge is 2.30. The lowest BCUT2D eigenvalue weighted by Gasteiger charge is -2.34. The van der Waals surface area contributed by atoms with E-state index in [9.17, 15) is 0 Å². The summed E-state index contributed by atoms with van der Waals surface area (Å²) in [6.45, 7) is 6.98. The molecule has 0 saturated heterocycles. The maximum atomic E-state index is 6.22. The van der Waals surface area contributed by atoms with Gasteiger partial charge in [0.2, 0.25) is 0 Å². The summed E-state index contributed by atoms with van der Waals surface area (Å²) in [7, 11) is 0. The van der Waals surface area contributed by atoms with E-state index >= 15 is 0 Å². The lowest BCUT2D eigenvalue weighted by atomic mass is 9.89. The Morgan fingerprint density at radius 2 is 2.27 bits per heavy atom. The standard InChI is InChI=1S/C12H21NOS/c1-4-12(3,14-5-2)11(13)8-10-6-7-15-9-10/h6-7,9,11H,4-5,8,13H2,1-3H3. The third-order valence-corrected chi connectivity index (χ3v) is 3.73. The summed E-state index contributed by atoms with van der Waals surface area (Å²) >= 11 is 1.72. The first kappa shape index (κ1) is 12.7. The van der Waals surface area contributed by atoms with Crippen LogP contribution >= 0.6 is 11.3 Å². The molecule has 2 unspecified atom stereocenters. The predicted molar refractivity (Wildman–Crippen MR) is 66.3 cm³/mol. The van der Waals surface area contributed by atoms with E-state index in [1.165, 1.54) is 5.56 Å². The molecule has 0 saturated carbocycles. The van der Waals surface area contributed by atoms with Crippen LogP contribution in [0.4, 0.5) is 0 Å². The molecule has 0 aliphatic rings. The van der Waals surface area contributed by atoms with Crippen molar-refractivity contribution in [2.24, 2.45) is 5.73 Å². The van der Waals surface area contributed by atoms with E-state index in [2.05, 4.69) is 30.7 Å². The first-order valence-electron chi connectivity index (χ1n) is 5.53. The molecule has 2 N–H and O–H groups in total. The van der Waals surface area contributed by atoms with Crippen LogP contribution in [0.25, 0.3) is 0 Å². The van der Waals surface area contributed by atoms with E-state index in [1.54, 1.807) is 11.3 Å². The number of nitrogens with two attached hydrogens (primary N) is 1. The molecule has 0 aliphatic heterocycles. The number of thiophene rings is 1. The topological polar surface area (TPSA) is 35.2 Å². The molecule has 86 valence electrons. The van der Waals surface area contributed by atoms with Crippen LogP contribution in [0, 0.1) is 0 Å². The van der Waals surface area contributed by atoms with Crippen LogP contribution in [0.2, 0.25) is 0 Å². The first-order chi connectivity index (χ1) is 7.12. The van der Waals surface area contributed by atoms with Crippen LogP contribution < -0.4 is 5.73 Å². The van der Waals surface area contributed by atoms with Gasteiger partial charge in [-0.3, -0.25) is 0 Å². The first-order valence-corrected chi connectivity index (χ1v) is 6.47. The molecule has 2 atom stereocenters. The maximum absolute atomic E-state index is 6.22. The zero-order valence-electron chi connectivity index (χ0n) is 9.82. The zero-order valence-corrected chi connectivity index (χ0v) is 10.6. The molecule has 1 aromatic heterocycles. The summed E-state index contributed by atoms with van der Waals surface area (Å²) in [6, 6.07) is 2.20. The van der Waals surface area contributed by atoms with Crippen LogP contribution in [-0.2, 0) is 11.2 Å². The van der Waals surface area contributed by atoms with Gasteiger partial charge in [0.15, 0.2) is 0 Å². The van der Waals surface area contributed by atoms with Crippen LogP contribution in [0.5, 0.6) is 0 Å². The van der Waals surface area contributed by atoms with Crippen molar-refractivity contribution in [3.05, 3.63) is 22.4 Å². The van der Waals surface area contributed by atoms with Crippen molar-refractivity contribution in [2.75, 3.05) is 6.61 Å². The van der Waals surface area contributed by atoms with E-state index in [-0.39, 0.29) is 11.6 Å². The van der Waals surface area contributed by atoms with Crippen LogP contribution in [-0.4, -0.2) is 18.2 Å². The lowest BCUT2D eigenvalue weighted by Crippen LogP contribution is -2.48. The Labute approximate surface area is 96.4 Å². The Balaban J connectivity index is 2.60. The Kier molecular flexibility index (Phi) is 4.77. The average molecular weight is 227 g/mol. The fourth-order valence-electron chi connectivity index (χ4n) is 1.68. The monoisotopic (exact) mass is 227 g/mol. The van der Waals surface area contributed by atoms with Crippen LogP contribution in [0.15, 0.2) is 16.8 Å². The van der Waals surface area contributed by atoms with Gasteiger partial charge in [-0.25, -0.2) is 0 Å². The molecule has 0 spiro atoms. The molecule has 15 heavy (non-hydrogen) atoms. The molecular weight excluding hydrogens is 206 g/mol. The molecule has 0 aromatic carbocycles. The van der Waals surface area contributed by atoms with Crippen LogP contribution in [0.1, 0.15) is 32.8 Å². The van der Waals surface area contributed by atoms with E-state index in [0.717, 1.165) is 19.4 Å². The highest BCUT2D eigenvalue weighted by molar-refractivity contribution is 7.07. The second-order valence-electron chi connectivity index (χ2n) is 4.04. The summed E-state index contributed by atoms with van der Waals surface area (Å²) in [4.78, 5) is 0. The summed E-state index contributed by atoms with van der Waals surface area (Å²) in [5.41, 5.74) is 7.33. The van der Waals surface area contributed by atoms with Gasteiger partial charge in [0.25, 0.3) is 0 Å². The SMILES string of the molecule is CCOC(C)(CC)C(N)Cc1ccsc1. The van der Waals surface area contributed by atoms with Gasteiger partial charge in [-0.05, 0) is 49.1 Å². The molecule has 1 heterocycles. The predicted octanol–water partition coefficient (Wildman–Crippen LogP) is 2.82.